The molecule has 0 bridgehead atoms. The van der Waals surface area contributed by atoms with E-state index in [0.717, 1.165) is 32.5 Å². The topological polar surface area (TPSA) is 40.6 Å². The second-order valence-corrected chi connectivity index (χ2v) is 8.42. The van der Waals surface area contributed by atoms with Crippen LogP contribution in [0.15, 0.2) is 21.7 Å². The fourth-order valence-corrected chi connectivity index (χ4v) is 5.90. The van der Waals surface area contributed by atoms with E-state index in [1.165, 1.54) is 24.2 Å². The minimum absolute atomic E-state index is 0.171. The molecule has 106 valence electrons. The maximum absolute atomic E-state index is 12.6. The SMILES string of the molecule is O=S(=O)(c1cccs1)N1CCCC1CN1CCCC1. The first kappa shape index (κ1) is 13.5. The van der Waals surface area contributed by atoms with Crippen LogP contribution >= 0.6 is 11.3 Å². The van der Waals surface area contributed by atoms with Gasteiger partial charge in [-0.05, 0) is 50.2 Å². The van der Waals surface area contributed by atoms with Crippen molar-refractivity contribution in [2.24, 2.45) is 0 Å². The van der Waals surface area contributed by atoms with E-state index in [0.29, 0.717) is 10.8 Å². The van der Waals surface area contributed by atoms with Crippen molar-refractivity contribution in [1.29, 1.82) is 0 Å². The highest BCUT2D eigenvalue weighted by molar-refractivity contribution is 7.91. The second-order valence-electron chi connectivity index (χ2n) is 5.35. The maximum Gasteiger partial charge on any atom is 0.252 e. The zero-order valence-electron chi connectivity index (χ0n) is 11.0. The van der Waals surface area contributed by atoms with Crippen molar-refractivity contribution in [3.05, 3.63) is 17.5 Å². The summed E-state index contributed by atoms with van der Waals surface area (Å²) >= 11 is 1.32. The molecule has 6 heteroatoms. The number of nitrogens with zero attached hydrogens (tertiary/aromatic N) is 2. The van der Waals surface area contributed by atoms with E-state index in [1.807, 2.05) is 11.4 Å². The highest BCUT2D eigenvalue weighted by Crippen LogP contribution is 2.29. The molecule has 2 aliphatic heterocycles. The summed E-state index contributed by atoms with van der Waals surface area (Å²) in [5, 5.41) is 1.83. The van der Waals surface area contributed by atoms with Gasteiger partial charge in [-0.25, -0.2) is 8.42 Å². The van der Waals surface area contributed by atoms with Crippen LogP contribution in [0.3, 0.4) is 0 Å². The molecular formula is C13H20N2O2S2. The van der Waals surface area contributed by atoms with Crippen molar-refractivity contribution in [2.45, 2.75) is 35.9 Å². The Morgan fingerprint density at radius 2 is 2.00 bits per heavy atom. The fraction of sp³-hybridized carbons (Fsp3) is 0.692. The van der Waals surface area contributed by atoms with Crippen LogP contribution in [0.5, 0.6) is 0 Å². The molecule has 1 aromatic rings. The Morgan fingerprint density at radius 3 is 2.68 bits per heavy atom. The van der Waals surface area contributed by atoms with Crippen LogP contribution < -0.4 is 0 Å². The third kappa shape index (κ3) is 2.72. The molecule has 0 spiro atoms. The molecule has 0 saturated carbocycles. The number of thiophene rings is 1. The van der Waals surface area contributed by atoms with Crippen molar-refractivity contribution in [3.63, 3.8) is 0 Å². The highest BCUT2D eigenvalue weighted by atomic mass is 32.2. The quantitative estimate of drug-likeness (QED) is 0.854. The van der Waals surface area contributed by atoms with Crippen LogP contribution in [0.25, 0.3) is 0 Å². The summed E-state index contributed by atoms with van der Waals surface area (Å²) in [4.78, 5) is 2.41. The summed E-state index contributed by atoms with van der Waals surface area (Å²) in [6, 6.07) is 3.69. The molecular weight excluding hydrogens is 280 g/mol. The third-order valence-electron chi connectivity index (χ3n) is 4.05. The molecule has 19 heavy (non-hydrogen) atoms. The molecule has 2 saturated heterocycles. The van der Waals surface area contributed by atoms with Gasteiger partial charge in [-0.15, -0.1) is 11.3 Å². The average molecular weight is 300 g/mol. The smallest absolute Gasteiger partial charge is 0.252 e. The molecule has 2 aliphatic rings. The Labute approximate surface area is 119 Å². The predicted octanol–water partition coefficient (Wildman–Crippen LogP) is 2.00. The van der Waals surface area contributed by atoms with Crippen LogP contribution in [0, 0.1) is 0 Å². The first-order valence-corrected chi connectivity index (χ1v) is 9.27. The number of hydrogen-bond donors (Lipinski definition) is 0. The summed E-state index contributed by atoms with van der Waals surface area (Å²) in [6.45, 7) is 3.84. The Bertz CT molecular complexity index is 507. The van der Waals surface area contributed by atoms with Gasteiger partial charge < -0.3 is 4.90 Å². The summed E-state index contributed by atoms with van der Waals surface area (Å²) in [6.07, 6.45) is 4.50. The molecule has 0 aromatic carbocycles. The molecule has 1 atom stereocenters. The molecule has 1 aromatic heterocycles. The van der Waals surface area contributed by atoms with Crippen molar-refractivity contribution in [3.8, 4) is 0 Å². The van der Waals surface area contributed by atoms with Gasteiger partial charge in [0.25, 0.3) is 10.0 Å². The number of likely N-dealkylation sites (tertiary alicyclic amines) is 1. The largest absolute Gasteiger partial charge is 0.302 e. The van der Waals surface area contributed by atoms with Gasteiger partial charge in [0.2, 0.25) is 0 Å². The predicted molar refractivity (Wildman–Crippen MR) is 76.9 cm³/mol. The van der Waals surface area contributed by atoms with Gasteiger partial charge in [-0.3, -0.25) is 0 Å². The van der Waals surface area contributed by atoms with Gasteiger partial charge in [0.1, 0.15) is 4.21 Å². The molecule has 0 radical (unpaired) electrons. The summed E-state index contributed by atoms with van der Waals surface area (Å²) < 4.78 is 27.4. The monoisotopic (exact) mass is 300 g/mol. The van der Waals surface area contributed by atoms with Crippen LogP contribution in [-0.4, -0.2) is 49.8 Å². The standard InChI is InChI=1S/C13H20N2O2S2/c16-19(17,13-6-4-10-18-13)15-9-3-5-12(15)11-14-7-1-2-8-14/h4,6,10,12H,1-3,5,7-9,11H2. The van der Waals surface area contributed by atoms with Crippen LogP contribution in [0.2, 0.25) is 0 Å². The first-order valence-electron chi connectivity index (χ1n) is 6.95. The third-order valence-corrected chi connectivity index (χ3v) is 7.37. The Morgan fingerprint density at radius 1 is 1.21 bits per heavy atom. The lowest BCUT2D eigenvalue weighted by Gasteiger charge is -2.27. The molecule has 1 unspecified atom stereocenters. The minimum atomic E-state index is -3.26. The Balaban J connectivity index is 1.75. The van der Waals surface area contributed by atoms with Crippen LogP contribution in [-0.2, 0) is 10.0 Å². The van der Waals surface area contributed by atoms with Crippen molar-refractivity contribution >= 4 is 21.4 Å². The van der Waals surface area contributed by atoms with Gasteiger partial charge in [-0.2, -0.15) is 4.31 Å². The lowest BCUT2D eigenvalue weighted by molar-refractivity contribution is 0.257. The Hall–Kier alpha value is -0.430. The van der Waals surface area contributed by atoms with Gasteiger partial charge >= 0.3 is 0 Å². The van der Waals surface area contributed by atoms with Crippen LogP contribution in [0.4, 0.5) is 0 Å². The summed E-state index contributed by atoms with van der Waals surface area (Å²) in [5.41, 5.74) is 0. The van der Waals surface area contributed by atoms with Gasteiger partial charge in [0, 0.05) is 19.1 Å². The molecule has 2 fully saturated rings. The van der Waals surface area contributed by atoms with E-state index in [4.69, 9.17) is 0 Å². The molecule has 4 nitrogen and oxygen atoms in total. The molecule has 0 aliphatic carbocycles. The Kier molecular flexibility index (Phi) is 3.93. The van der Waals surface area contributed by atoms with Crippen LogP contribution in [0.1, 0.15) is 25.7 Å². The van der Waals surface area contributed by atoms with E-state index in [2.05, 4.69) is 4.90 Å². The summed E-state index contributed by atoms with van der Waals surface area (Å²) in [5.74, 6) is 0. The first-order chi connectivity index (χ1) is 9.18. The number of hydrogen-bond acceptors (Lipinski definition) is 4. The number of sulfonamides is 1. The fourth-order valence-electron chi connectivity index (χ4n) is 3.10. The molecule has 3 rings (SSSR count). The van der Waals surface area contributed by atoms with Crippen molar-refractivity contribution in [2.75, 3.05) is 26.2 Å². The maximum atomic E-state index is 12.6. The molecule has 0 amide bonds. The van der Waals surface area contributed by atoms with Gasteiger partial charge in [0.15, 0.2) is 0 Å². The van der Waals surface area contributed by atoms with Crippen molar-refractivity contribution < 1.29 is 8.42 Å². The van der Waals surface area contributed by atoms with Crippen molar-refractivity contribution in [1.82, 2.24) is 9.21 Å². The molecule has 3 heterocycles. The summed E-state index contributed by atoms with van der Waals surface area (Å²) in [7, 11) is -3.26. The van der Waals surface area contributed by atoms with Gasteiger partial charge in [0.05, 0.1) is 0 Å². The van der Waals surface area contributed by atoms with E-state index >= 15 is 0 Å². The van der Waals surface area contributed by atoms with E-state index < -0.39 is 10.0 Å². The van der Waals surface area contributed by atoms with E-state index in [9.17, 15) is 8.42 Å². The molecule has 0 N–H and O–H groups in total. The number of rotatable bonds is 4. The lowest BCUT2D eigenvalue weighted by atomic mass is 10.2. The highest BCUT2D eigenvalue weighted by Gasteiger charge is 2.36. The average Bonchev–Trinajstić information content (AvgIpc) is 3.12. The lowest BCUT2D eigenvalue weighted by Crippen LogP contribution is -2.42. The van der Waals surface area contributed by atoms with Gasteiger partial charge in [-0.1, -0.05) is 6.07 Å². The normalized spacial score (nSPS) is 26.2. The van der Waals surface area contributed by atoms with E-state index in [1.54, 1.807) is 10.4 Å². The van der Waals surface area contributed by atoms with E-state index in [-0.39, 0.29) is 6.04 Å². The zero-order chi connectivity index (χ0) is 13.3. The zero-order valence-corrected chi connectivity index (χ0v) is 12.6. The second kappa shape index (κ2) is 5.52. The minimum Gasteiger partial charge on any atom is -0.302 e.